The van der Waals surface area contributed by atoms with Gasteiger partial charge in [0, 0.05) is 12.1 Å². The summed E-state index contributed by atoms with van der Waals surface area (Å²) in [6.07, 6.45) is 2.75. The molecular weight excluding hydrogens is 392 g/mol. The lowest BCUT2D eigenvalue weighted by Crippen LogP contribution is -2.43. The van der Waals surface area contributed by atoms with E-state index in [1.165, 1.54) is 5.56 Å². The summed E-state index contributed by atoms with van der Waals surface area (Å²) in [5.74, 6) is 1.36. The van der Waals surface area contributed by atoms with Crippen LogP contribution in [-0.2, 0) is 17.9 Å². The minimum Gasteiger partial charge on any atom is -0.487 e. The maximum atomic E-state index is 11.5. The van der Waals surface area contributed by atoms with Crippen LogP contribution < -0.4 is 4.74 Å². The first kappa shape index (κ1) is 21.1. The normalized spacial score (nSPS) is 16.9. The number of ether oxygens (including phenoxy) is 1. The smallest absolute Gasteiger partial charge is 0.320 e. The molecule has 1 saturated heterocycles. The average Bonchev–Trinajstić information content (AvgIpc) is 3.14. The Morgan fingerprint density at radius 3 is 2.58 bits per heavy atom. The van der Waals surface area contributed by atoms with Crippen LogP contribution in [0.4, 0.5) is 0 Å². The van der Waals surface area contributed by atoms with Gasteiger partial charge in [-0.3, -0.25) is 9.69 Å². The Morgan fingerprint density at radius 2 is 1.87 bits per heavy atom. The molecule has 6 heteroatoms. The minimum absolute atomic E-state index is 0.327. The molecule has 6 nitrogen and oxygen atoms in total. The number of benzene rings is 2. The molecule has 162 valence electrons. The molecular formula is C25H28N2O4. The maximum Gasteiger partial charge on any atom is 0.320 e. The standard InChI is InChI=1S/C25H28N2O4/c1-17-6-10-20(11-7-17)24-26-22(18(2)31-24)16-30-21-12-8-19(9-13-21)15-27-14-4-3-5-23(27)25(28)29/h6-13,23H,3-5,14-16H2,1-2H3,(H,28,29). The lowest BCUT2D eigenvalue weighted by molar-refractivity contribution is -0.144. The fourth-order valence-corrected chi connectivity index (χ4v) is 3.92. The molecule has 0 bridgehead atoms. The molecule has 0 radical (unpaired) electrons. The molecule has 1 aliphatic heterocycles. The number of carboxylic acids is 1. The second-order valence-electron chi connectivity index (χ2n) is 8.14. The number of aliphatic carboxylic acids is 1. The zero-order valence-electron chi connectivity index (χ0n) is 18.0. The van der Waals surface area contributed by atoms with Crippen molar-refractivity contribution in [2.24, 2.45) is 0 Å². The number of aromatic nitrogens is 1. The van der Waals surface area contributed by atoms with Crippen LogP contribution in [0.5, 0.6) is 5.75 Å². The first-order valence-electron chi connectivity index (χ1n) is 10.7. The van der Waals surface area contributed by atoms with Gasteiger partial charge in [-0.2, -0.15) is 0 Å². The Bertz CT molecular complexity index is 1020. The lowest BCUT2D eigenvalue weighted by Gasteiger charge is -2.32. The number of likely N-dealkylation sites (tertiary alicyclic amines) is 1. The third kappa shape index (κ3) is 5.14. The number of rotatable bonds is 7. The van der Waals surface area contributed by atoms with Crippen molar-refractivity contribution in [1.82, 2.24) is 9.88 Å². The van der Waals surface area contributed by atoms with Gasteiger partial charge in [0.05, 0.1) is 0 Å². The van der Waals surface area contributed by atoms with Crippen molar-refractivity contribution in [3.8, 4) is 17.2 Å². The minimum atomic E-state index is -0.729. The number of carbonyl (C=O) groups is 1. The maximum absolute atomic E-state index is 11.5. The van der Waals surface area contributed by atoms with E-state index in [1.54, 1.807) is 0 Å². The van der Waals surface area contributed by atoms with Crippen LogP contribution in [0.2, 0.25) is 0 Å². The van der Waals surface area contributed by atoms with Crippen LogP contribution >= 0.6 is 0 Å². The van der Waals surface area contributed by atoms with E-state index in [0.29, 0.717) is 19.0 Å². The molecule has 1 aliphatic rings. The molecule has 3 aromatic rings. The van der Waals surface area contributed by atoms with Crippen LogP contribution in [0.1, 0.15) is 41.8 Å². The first-order chi connectivity index (χ1) is 15.0. The first-order valence-corrected chi connectivity index (χ1v) is 10.7. The second kappa shape index (κ2) is 9.35. The Hall–Kier alpha value is -3.12. The van der Waals surface area contributed by atoms with Crippen LogP contribution in [0, 0.1) is 13.8 Å². The molecule has 1 unspecified atom stereocenters. The molecule has 0 aliphatic carbocycles. The molecule has 4 rings (SSSR count). The number of piperidine rings is 1. The Labute approximate surface area is 182 Å². The molecule has 1 N–H and O–H groups in total. The lowest BCUT2D eigenvalue weighted by atomic mass is 10.0. The summed E-state index contributed by atoms with van der Waals surface area (Å²) in [5.41, 5.74) is 4.00. The van der Waals surface area contributed by atoms with Gasteiger partial charge in [-0.15, -0.1) is 0 Å². The van der Waals surface area contributed by atoms with Crippen LogP contribution in [-0.4, -0.2) is 33.5 Å². The predicted molar refractivity (Wildman–Crippen MR) is 118 cm³/mol. The van der Waals surface area contributed by atoms with Crippen molar-refractivity contribution >= 4 is 5.97 Å². The quantitative estimate of drug-likeness (QED) is 0.581. The van der Waals surface area contributed by atoms with E-state index >= 15 is 0 Å². The predicted octanol–water partition coefficient (Wildman–Crippen LogP) is 4.98. The number of carboxylic acid groups (broad SMARTS) is 1. The highest BCUT2D eigenvalue weighted by Crippen LogP contribution is 2.24. The van der Waals surface area contributed by atoms with Gasteiger partial charge in [0.1, 0.15) is 29.9 Å². The van der Waals surface area contributed by atoms with E-state index in [0.717, 1.165) is 54.1 Å². The average molecular weight is 421 g/mol. The van der Waals surface area contributed by atoms with E-state index in [-0.39, 0.29) is 6.04 Å². The zero-order chi connectivity index (χ0) is 21.8. The molecule has 0 saturated carbocycles. The summed E-state index contributed by atoms with van der Waals surface area (Å²) >= 11 is 0. The van der Waals surface area contributed by atoms with Crippen molar-refractivity contribution in [2.75, 3.05) is 6.54 Å². The van der Waals surface area contributed by atoms with E-state index < -0.39 is 5.97 Å². The molecule has 1 atom stereocenters. The fraction of sp³-hybridized carbons (Fsp3) is 0.360. The van der Waals surface area contributed by atoms with Crippen molar-refractivity contribution in [2.45, 2.75) is 52.3 Å². The van der Waals surface area contributed by atoms with Gasteiger partial charge in [0.2, 0.25) is 5.89 Å². The Balaban J connectivity index is 1.36. The third-order valence-electron chi connectivity index (χ3n) is 5.77. The van der Waals surface area contributed by atoms with Gasteiger partial charge >= 0.3 is 5.97 Å². The van der Waals surface area contributed by atoms with Gasteiger partial charge in [-0.05, 0) is 63.1 Å². The largest absolute Gasteiger partial charge is 0.487 e. The SMILES string of the molecule is Cc1ccc(-c2nc(COc3ccc(CN4CCCCC4C(=O)O)cc3)c(C)o2)cc1. The highest BCUT2D eigenvalue weighted by molar-refractivity contribution is 5.73. The van der Waals surface area contributed by atoms with Gasteiger partial charge in [0.25, 0.3) is 0 Å². The zero-order valence-corrected chi connectivity index (χ0v) is 18.0. The summed E-state index contributed by atoms with van der Waals surface area (Å²) in [7, 11) is 0. The van der Waals surface area contributed by atoms with Crippen molar-refractivity contribution in [1.29, 1.82) is 0 Å². The highest BCUT2D eigenvalue weighted by Gasteiger charge is 2.28. The number of hydrogen-bond acceptors (Lipinski definition) is 5. The van der Waals surface area contributed by atoms with Crippen molar-refractivity contribution < 1.29 is 19.1 Å². The Kier molecular flexibility index (Phi) is 6.37. The molecule has 0 amide bonds. The third-order valence-corrected chi connectivity index (χ3v) is 5.77. The topological polar surface area (TPSA) is 75.8 Å². The van der Waals surface area contributed by atoms with Gasteiger partial charge in [0.15, 0.2) is 0 Å². The molecule has 1 aromatic heterocycles. The monoisotopic (exact) mass is 420 g/mol. The summed E-state index contributed by atoms with van der Waals surface area (Å²) < 4.78 is 11.7. The number of aryl methyl sites for hydroxylation is 2. The molecule has 0 spiro atoms. The Morgan fingerprint density at radius 1 is 1.13 bits per heavy atom. The van der Waals surface area contributed by atoms with Crippen molar-refractivity contribution in [3.05, 3.63) is 71.1 Å². The fourth-order valence-electron chi connectivity index (χ4n) is 3.92. The second-order valence-corrected chi connectivity index (χ2v) is 8.14. The molecule has 1 fully saturated rings. The molecule has 31 heavy (non-hydrogen) atoms. The van der Waals surface area contributed by atoms with Crippen LogP contribution in [0.25, 0.3) is 11.5 Å². The van der Waals surface area contributed by atoms with E-state index in [9.17, 15) is 9.90 Å². The van der Waals surface area contributed by atoms with Crippen LogP contribution in [0.3, 0.4) is 0 Å². The van der Waals surface area contributed by atoms with E-state index in [1.807, 2.05) is 67.3 Å². The van der Waals surface area contributed by atoms with Gasteiger partial charge < -0.3 is 14.3 Å². The highest BCUT2D eigenvalue weighted by atomic mass is 16.5. The van der Waals surface area contributed by atoms with E-state index in [4.69, 9.17) is 9.15 Å². The summed E-state index contributed by atoms with van der Waals surface area (Å²) in [5, 5.41) is 9.44. The molecule has 2 aromatic carbocycles. The summed E-state index contributed by atoms with van der Waals surface area (Å²) in [6, 6.07) is 15.5. The molecule has 2 heterocycles. The van der Waals surface area contributed by atoms with Crippen molar-refractivity contribution in [3.63, 3.8) is 0 Å². The number of oxazole rings is 1. The van der Waals surface area contributed by atoms with E-state index in [2.05, 4.69) is 4.98 Å². The summed E-state index contributed by atoms with van der Waals surface area (Å²) in [4.78, 5) is 18.1. The van der Waals surface area contributed by atoms with Gasteiger partial charge in [-0.1, -0.05) is 36.2 Å². The van der Waals surface area contributed by atoms with Gasteiger partial charge in [-0.25, -0.2) is 4.98 Å². The number of nitrogens with zero attached hydrogens (tertiary/aromatic N) is 2. The summed E-state index contributed by atoms with van der Waals surface area (Å²) in [6.45, 7) is 5.73. The number of hydrogen-bond donors (Lipinski definition) is 1. The van der Waals surface area contributed by atoms with Crippen LogP contribution in [0.15, 0.2) is 52.9 Å².